The van der Waals surface area contributed by atoms with E-state index in [-0.39, 0.29) is 24.8 Å². The van der Waals surface area contributed by atoms with Gasteiger partial charge in [0, 0.05) is 23.1 Å². The lowest BCUT2D eigenvalue weighted by molar-refractivity contribution is -0.174. The third-order valence-corrected chi connectivity index (χ3v) is 11.8. The Kier molecular flexibility index (Phi) is 31.0. The Bertz CT molecular complexity index is 1150. The summed E-state index contributed by atoms with van der Waals surface area (Å²) in [6.45, 7) is 13.5. The maximum atomic E-state index is 13.2. The van der Waals surface area contributed by atoms with Gasteiger partial charge in [0.1, 0.15) is 6.61 Å². The molecule has 3 rings (SSSR count). The van der Waals surface area contributed by atoms with Crippen LogP contribution in [0.4, 0.5) is 0 Å². The second kappa shape index (κ2) is 33.8. The minimum absolute atomic E-state index is 0.161. The Morgan fingerprint density at radius 3 is 1.21 bits per heavy atom. The molecule has 0 heterocycles. The minimum Gasteiger partial charge on any atom is -0.478 e. The number of carbonyl (C=O) groups excluding carboxylic acids is 2. The molecule has 9 heteroatoms. The van der Waals surface area contributed by atoms with Crippen LogP contribution in [0.25, 0.3) is 0 Å². The highest BCUT2D eigenvalue weighted by Crippen LogP contribution is 2.42. The maximum absolute atomic E-state index is 13.2. The normalized spacial score (nSPS) is 19.2. The summed E-state index contributed by atoms with van der Waals surface area (Å²) in [6, 6.07) is 0. The molecule has 1 atom stereocenters. The van der Waals surface area contributed by atoms with E-state index in [1.807, 2.05) is 6.92 Å². The van der Waals surface area contributed by atoms with Crippen LogP contribution in [0.3, 0.4) is 0 Å². The number of hydrogen-bond donors (Lipinski definition) is 2. The number of esters is 2. The van der Waals surface area contributed by atoms with Gasteiger partial charge in [-0.1, -0.05) is 160 Å². The molecule has 0 aromatic carbocycles. The lowest BCUT2D eigenvalue weighted by atomic mass is 9.71. The van der Waals surface area contributed by atoms with E-state index < -0.39 is 24.2 Å². The Balaban J connectivity index is 0.000000608. The van der Waals surface area contributed by atoms with Crippen LogP contribution in [-0.4, -0.2) is 53.6 Å². The maximum Gasteiger partial charge on any atom is 0.335 e. The van der Waals surface area contributed by atoms with Gasteiger partial charge in [0.05, 0.1) is 6.61 Å². The molecule has 3 fully saturated rings. The van der Waals surface area contributed by atoms with Crippen molar-refractivity contribution in [3.05, 3.63) is 35.5 Å². The van der Waals surface area contributed by atoms with Crippen LogP contribution in [0.2, 0.25) is 0 Å². The van der Waals surface area contributed by atoms with Crippen LogP contribution in [0.15, 0.2) is 35.5 Å². The fraction of sp³-hybridized carbons (Fsp3) is 0.796. The van der Waals surface area contributed by atoms with Crippen molar-refractivity contribution in [1.29, 1.82) is 0 Å². The van der Waals surface area contributed by atoms with Crippen molar-refractivity contribution < 1.29 is 43.6 Å². The fourth-order valence-electron chi connectivity index (χ4n) is 8.58. The predicted molar refractivity (Wildman–Crippen MR) is 234 cm³/mol. The van der Waals surface area contributed by atoms with Gasteiger partial charge < -0.3 is 24.4 Å². The number of ether oxygens (including phenoxy) is 3. The highest BCUT2D eigenvalue weighted by Gasteiger charge is 2.32. The molecule has 0 bridgehead atoms. The molecule has 0 radical (unpaired) electrons. The van der Waals surface area contributed by atoms with Crippen molar-refractivity contribution in [1.82, 2.24) is 0 Å². The van der Waals surface area contributed by atoms with Gasteiger partial charge in [-0.05, 0) is 83.5 Å². The van der Waals surface area contributed by atoms with Gasteiger partial charge in [-0.15, -0.1) is 0 Å². The standard InChI is InChI=1S/C33H58O2.C12H20O5.C4H6O2/c34-33(35)32(30-26-20-14-8-3-9-15-21-27-30)31(28-22-16-10-4-1-5-11-17-23-28)29-24-18-12-6-2-7-13-19-25-29;1-5-6-11(13)16-8-7-15-10(4)17-12(14)9(2)3;1-3(2)4(5)6/h28-30H,1-27H2,(H,34,35);10H,2,5-8H2,1,3-4H3;1H2,2H3,(H,5,6). The van der Waals surface area contributed by atoms with E-state index in [0.717, 1.165) is 24.8 Å². The summed E-state index contributed by atoms with van der Waals surface area (Å²) < 4.78 is 14.9. The van der Waals surface area contributed by atoms with Crippen molar-refractivity contribution in [3.8, 4) is 0 Å². The van der Waals surface area contributed by atoms with Gasteiger partial charge >= 0.3 is 23.9 Å². The number of allylic oxidation sites excluding steroid dienone is 1. The number of carbonyl (C=O) groups is 4. The smallest absolute Gasteiger partial charge is 0.335 e. The van der Waals surface area contributed by atoms with Gasteiger partial charge in [-0.25, -0.2) is 14.4 Å². The van der Waals surface area contributed by atoms with Crippen molar-refractivity contribution in [2.45, 2.75) is 220 Å². The second-order valence-corrected chi connectivity index (χ2v) is 17.1. The summed E-state index contributed by atoms with van der Waals surface area (Å²) in [6.07, 6.45) is 35.7. The van der Waals surface area contributed by atoms with Crippen LogP contribution >= 0.6 is 0 Å². The van der Waals surface area contributed by atoms with E-state index in [4.69, 9.17) is 19.3 Å². The molecule has 0 aromatic rings. The first-order chi connectivity index (χ1) is 27.9. The molecule has 2 N–H and O–H groups in total. The third-order valence-electron chi connectivity index (χ3n) is 11.8. The van der Waals surface area contributed by atoms with Gasteiger partial charge in [-0.2, -0.15) is 0 Å². The zero-order chi connectivity index (χ0) is 43.0. The minimum atomic E-state index is -0.935. The molecule has 9 nitrogen and oxygen atoms in total. The first kappa shape index (κ1) is 53.1. The first-order valence-corrected chi connectivity index (χ1v) is 23.4. The summed E-state index contributed by atoms with van der Waals surface area (Å²) in [5.41, 5.74) is 2.92. The largest absolute Gasteiger partial charge is 0.478 e. The predicted octanol–water partition coefficient (Wildman–Crippen LogP) is 13.2. The van der Waals surface area contributed by atoms with E-state index >= 15 is 0 Å². The number of carboxylic acids is 2. The van der Waals surface area contributed by atoms with Crippen molar-refractivity contribution in [3.63, 3.8) is 0 Å². The van der Waals surface area contributed by atoms with E-state index in [1.54, 1.807) is 13.8 Å². The zero-order valence-electron chi connectivity index (χ0n) is 37.4. The van der Waals surface area contributed by atoms with E-state index in [1.165, 1.54) is 173 Å². The first-order valence-electron chi connectivity index (χ1n) is 23.4. The summed E-state index contributed by atoms with van der Waals surface area (Å²) in [4.78, 5) is 44.8. The molecule has 3 saturated carbocycles. The van der Waals surface area contributed by atoms with Crippen molar-refractivity contribution in [2.75, 3.05) is 13.2 Å². The van der Waals surface area contributed by atoms with E-state index in [0.29, 0.717) is 29.7 Å². The monoisotopic (exact) mass is 817 g/mol. The van der Waals surface area contributed by atoms with Gasteiger partial charge in [0.25, 0.3) is 0 Å². The van der Waals surface area contributed by atoms with Crippen LogP contribution in [-0.2, 0) is 33.4 Å². The van der Waals surface area contributed by atoms with E-state index in [9.17, 15) is 24.3 Å². The van der Waals surface area contributed by atoms with Crippen LogP contribution < -0.4 is 0 Å². The van der Waals surface area contributed by atoms with Crippen LogP contribution in [0.5, 0.6) is 0 Å². The van der Waals surface area contributed by atoms with Crippen LogP contribution in [0, 0.1) is 17.8 Å². The second-order valence-electron chi connectivity index (χ2n) is 17.1. The lowest BCUT2D eigenvalue weighted by Gasteiger charge is -2.34. The molecule has 58 heavy (non-hydrogen) atoms. The Hall–Kier alpha value is -2.94. The molecule has 0 aromatic heterocycles. The molecule has 334 valence electrons. The molecule has 3 aliphatic rings. The number of hydrogen-bond acceptors (Lipinski definition) is 7. The average Bonchev–Trinajstić information content (AvgIpc) is 3.19. The fourth-order valence-corrected chi connectivity index (χ4v) is 8.58. The van der Waals surface area contributed by atoms with Gasteiger partial charge in [-0.3, -0.25) is 4.79 Å². The highest BCUT2D eigenvalue weighted by atomic mass is 16.7. The SMILES string of the molecule is C=C(C)C(=O)O.C=C(C)C(=O)OC(C)OCCOC(=O)CCC.O=C(O)C(=C(C1CCCCCCCCC1)C1CCCCCCCCC1)C1CCCCCCCCC1. The van der Waals surface area contributed by atoms with Gasteiger partial charge in [0.15, 0.2) is 0 Å². The summed E-state index contributed by atoms with van der Waals surface area (Å²) in [5, 5.41) is 18.7. The molecule has 3 aliphatic carbocycles. The quantitative estimate of drug-likeness (QED) is 0.0805. The van der Waals surface area contributed by atoms with Crippen molar-refractivity contribution in [2.24, 2.45) is 17.8 Å². The molecule has 0 amide bonds. The molecule has 0 aliphatic heterocycles. The Morgan fingerprint density at radius 1 is 0.552 bits per heavy atom. The van der Waals surface area contributed by atoms with Gasteiger partial charge in [0.2, 0.25) is 6.29 Å². The summed E-state index contributed by atoms with van der Waals surface area (Å²) >= 11 is 0. The Labute approximate surface area is 353 Å². The highest BCUT2D eigenvalue weighted by molar-refractivity contribution is 5.88. The Morgan fingerprint density at radius 2 is 0.897 bits per heavy atom. The zero-order valence-corrected chi connectivity index (χ0v) is 37.4. The molecular formula is C49H84O9. The molecule has 1 unspecified atom stereocenters. The number of carboxylic acid groups (broad SMARTS) is 2. The lowest BCUT2D eigenvalue weighted by Crippen LogP contribution is -2.25. The van der Waals surface area contributed by atoms with Crippen molar-refractivity contribution >= 4 is 23.9 Å². The topological polar surface area (TPSA) is 136 Å². The summed E-state index contributed by atoms with van der Waals surface area (Å²) in [7, 11) is 0. The number of aliphatic carboxylic acids is 2. The molecule has 0 saturated heterocycles. The third kappa shape index (κ3) is 25.5. The van der Waals surface area contributed by atoms with E-state index in [2.05, 4.69) is 13.2 Å². The average molecular weight is 817 g/mol. The summed E-state index contributed by atoms with van der Waals surface area (Å²) in [5.74, 6) is -0.870. The van der Waals surface area contributed by atoms with Crippen LogP contribution in [0.1, 0.15) is 214 Å². The molecular weight excluding hydrogens is 733 g/mol. The molecule has 0 spiro atoms. The number of rotatable bonds is 13.